The van der Waals surface area contributed by atoms with E-state index in [2.05, 4.69) is 10.5 Å². The number of nitrogens with one attached hydrogen (secondary N) is 1. The molecule has 1 N–H and O–H groups in total. The highest BCUT2D eigenvalue weighted by Gasteiger charge is 2.00. The van der Waals surface area contributed by atoms with Gasteiger partial charge in [-0.1, -0.05) is 22.9 Å². The van der Waals surface area contributed by atoms with Crippen LogP contribution in [0.4, 0.5) is 5.69 Å². The fourth-order valence-corrected chi connectivity index (χ4v) is 0.896. The highest BCUT2D eigenvalue weighted by molar-refractivity contribution is 5.92. The lowest BCUT2D eigenvalue weighted by atomic mass is 10.2. The van der Waals surface area contributed by atoms with Crippen molar-refractivity contribution in [3.05, 3.63) is 34.7 Å². The Morgan fingerprint density at radius 2 is 2.00 bits per heavy atom. The number of hydrogen-bond donors (Lipinski definition) is 1. The predicted octanol–water partition coefficient (Wildman–Crippen LogP) is 1.70. The van der Waals surface area contributed by atoms with E-state index in [4.69, 9.17) is 0 Å². The highest BCUT2D eigenvalue weighted by atomic mass is 16.3. The van der Waals surface area contributed by atoms with Crippen LogP contribution < -0.4 is 5.32 Å². The third kappa shape index (κ3) is 3.02. The molecule has 0 heterocycles. The quantitative estimate of drug-likeness (QED) is 0.716. The second kappa shape index (κ2) is 4.35. The molecule has 68 valence electrons. The number of aryl methyl sites for hydroxylation is 1. The van der Waals surface area contributed by atoms with Crippen molar-refractivity contribution in [2.24, 2.45) is 5.18 Å². The van der Waals surface area contributed by atoms with Crippen molar-refractivity contribution in [3.63, 3.8) is 0 Å². The molecule has 0 radical (unpaired) electrons. The summed E-state index contributed by atoms with van der Waals surface area (Å²) >= 11 is 0. The Hall–Kier alpha value is -1.71. The standard InChI is InChI=1S/C9H10N2O2/c1-7-2-4-8(5-3-7)11-9(12)6-10-13/h2-5H,6H2,1H3,(H,11,12). The molecule has 0 bridgehead atoms. The molecule has 0 spiro atoms. The summed E-state index contributed by atoms with van der Waals surface area (Å²) in [5.41, 5.74) is 1.80. The summed E-state index contributed by atoms with van der Waals surface area (Å²) in [5, 5.41) is 5.02. The van der Waals surface area contributed by atoms with Crippen molar-refractivity contribution in [1.29, 1.82) is 0 Å². The van der Waals surface area contributed by atoms with Crippen molar-refractivity contribution in [1.82, 2.24) is 0 Å². The number of amides is 1. The van der Waals surface area contributed by atoms with Crippen LogP contribution in [0, 0.1) is 11.8 Å². The van der Waals surface area contributed by atoms with Gasteiger partial charge < -0.3 is 5.32 Å². The van der Waals surface area contributed by atoms with Crippen molar-refractivity contribution in [2.75, 3.05) is 11.9 Å². The Bertz CT molecular complexity index is 306. The fraction of sp³-hybridized carbons (Fsp3) is 0.222. The number of benzene rings is 1. The summed E-state index contributed by atoms with van der Waals surface area (Å²) in [5.74, 6) is -0.390. The lowest BCUT2D eigenvalue weighted by Crippen LogP contribution is -2.14. The molecule has 1 aromatic carbocycles. The van der Waals surface area contributed by atoms with Gasteiger partial charge in [-0.2, -0.15) is 4.91 Å². The third-order valence-electron chi connectivity index (χ3n) is 1.54. The fourth-order valence-electron chi connectivity index (χ4n) is 0.896. The molecule has 0 aliphatic carbocycles. The number of anilines is 1. The molecule has 0 fully saturated rings. The molecule has 1 aromatic rings. The smallest absolute Gasteiger partial charge is 0.249 e. The Morgan fingerprint density at radius 3 is 2.54 bits per heavy atom. The van der Waals surface area contributed by atoms with Crippen LogP contribution in [0.5, 0.6) is 0 Å². The molecule has 1 rings (SSSR count). The van der Waals surface area contributed by atoms with E-state index in [1.54, 1.807) is 12.1 Å². The zero-order chi connectivity index (χ0) is 9.68. The van der Waals surface area contributed by atoms with E-state index in [0.717, 1.165) is 5.56 Å². The first-order valence-corrected chi connectivity index (χ1v) is 3.88. The van der Waals surface area contributed by atoms with Crippen molar-refractivity contribution >= 4 is 11.6 Å². The zero-order valence-electron chi connectivity index (χ0n) is 7.28. The van der Waals surface area contributed by atoms with Crippen LogP contribution in [-0.2, 0) is 4.79 Å². The number of carbonyl (C=O) groups excluding carboxylic acids is 1. The van der Waals surface area contributed by atoms with Crippen molar-refractivity contribution in [3.8, 4) is 0 Å². The molecular formula is C9H10N2O2. The number of carbonyl (C=O) groups is 1. The van der Waals surface area contributed by atoms with Crippen LogP contribution >= 0.6 is 0 Å². The molecule has 0 aromatic heterocycles. The van der Waals surface area contributed by atoms with Crippen LogP contribution in [0.1, 0.15) is 5.56 Å². The van der Waals surface area contributed by atoms with Gasteiger partial charge in [-0.25, -0.2) is 0 Å². The van der Waals surface area contributed by atoms with E-state index < -0.39 is 0 Å². The molecule has 0 unspecified atom stereocenters. The first-order valence-electron chi connectivity index (χ1n) is 3.88. The molecule has 0 saturated carbocycles. The Labute approximate surface area is 75.9 Å². The monoisotopic (exact) mass is 178 g/mol. The normalized spacial score (nSPS) is 9.31. The van der Waals surface area contributed by atoms with Gasteiger partial charge in [0.25, 0.3) is 0 Å². The molecule has 0 saturated heterocycles. The van der Waals surface area contributed by atoms with E-state index in [1.165, 1.54) is 0 Å². The summed E-state index contributed by atoms with van der Waals surface area (Å²) in [6.07, 6.45) is 0. The largest absolute Gasteiger partial charge is 0.324 e. The van der Waals surface area contributed by atoms with Crippen LogP contribution in [0.15, 0.2) is 29.4 Å². The van der Waals surface area contributed by atoms with Crippen LogP contribution in [-0.4, -0.2) is 12.5 Å². The highest BCUT2D eigenvalue weighted by Crippen LogP contribution is 2.07. The molecule has 4 nitrogen and oxygen atoms in total. The van der Waals surface area contributed by atoms with E-state index in [-0.39, 0.29) is 12.5 Å². The molecule has 13 heavy (non-hydrogen) atoms. The third-order valence-corrected chi connectivity index (χ3v) is 1.54. The topological polar surface area (TPSA) is 58.5 Å². The summed E-state index contributed by atoms with van der Waals surface area (Å²) < 4.78 is 0. The number of nitrogens with zero attached hydrogens (tertiary/aromatic N) is 1. The summed E-state index contributed by atoms with van der Waals surface area (Å²) in [4.78, 5) is 20.6. The number of rotatable bonds is 3. The van der Waals surface area contributed by atoms with Gasteiger partial charge in [0.15, 0.2) is 6.54 Å². The number of hydrogen-bond acceptors (Lipinski definition) is 3. The lowest BCUT2D eigenvalue weighted by molar-refractivity contribution is -0.114. The van der Waals surface area contributed by atoms with Gasteiger partial charge in [0.1, 0.15) is 0 Å². The molecule has 0 aliphatic heterocycles. The summed E-state index contributed by atoms with van der Waals surface area (Å²) in [6, 6.07) is 7.31. The minimum atomic E-state index is -0.390. The van der Waals surface area contributed by atoms with Gasteiger partial charge >= 0.3 is 0 Å². The maximum Gasteiger partial charge on any atom is 0.249 e. The minimum absolute atomic E-state index is 0.339. The summed E-state index contributed by atoms with van der Waals surface area (Å²) in [7, 11) is 0. The van der Waals surface area contributed by atoms with E-state index in [1.807, 2.05) is 19.1 Å². The van der Waals surface area contributed by atoms with Crippen molar-refractivity contribution in [2.45, 2.75) is 6.92 Å². The average Bonchev–Trinajstić information content (AvgIpc) is 2.09. The first-order chi connectivity index (χ1) is 6.22. The van der Waals surface area contributed by atoms with Gasteiger partial charge in [-0.3, -0.25) is 4.79 Å². The second-order valence-electron chi connectivity index (χ2n) is 2.70. The van der Waals surface area contributed by atoms with E-state index >= 15 is 0 Å². The van der Waals surface area contributed by atoms with Crippen LogP contribution in [0.25, 0.3) is 0 Å². The molecule has 1 amide bonds. The maximum absolute atomic E-state index is 10.9. The van der Waals surface area contributed by atoms with Crippen LogP contribution in [0.2, 0.25) is 0 Å². The minimum Gasteiger partial charge on any atom is -0.324 e. The van der Waals surface area contributed by atoms with Gasteiger partial charge in [0, 0.05) is 5.69 Å². The molecule has 0 aliphatic rings. The molecular weight excluding hydrogens is 168 g/mol. The molecule has 0 atom stereocenters. The Morgan fingerprint density at radius 1 is 1.38 bits per heavy atom. The Kier molecular flexibility index (Phi) is 3.14. The summed E-state index contributed by atoms with van der Waals surface area (Å²) in [6.45, 7) is 1.62. The van der Waals surface area contributed by atoms with Gasteiger partial charge in [-0.05, 0) is 19.1 Å². The van der Waals surface area contributed by atoms with Gasteiger partial charge in [-0.15, -0.1) is 0 Å². The maximum atomic E-state index is 10.9. The Balaban J connectivity index is 2.59. The van der Waals surface area contributed by atoms with Crippen LogP contribution in [0.3, 0.4) is 0 Å². The lowest BCUT2D eigenvalue weighted by Gasteiger charge is -2.01. The van der Waals surface area contributed by atoms with E-state index in [9.17, 15) is 9.70 Å². The van der Waals surface area contributed by atoms with E-state index in [0.29, 0.717) is 5.69 Å². The average molecular weight is 178 g/mol. The predicted molar refractivity (Wildman–Crippen MR) is 50.5 cm³/mol. The van der Waals surface area contributed by atoms with Gasteiger partial charge in [0.05, 0.1) is 0 Å². The zero-order valence-corrected chi connectivity index (χ0v) is 7.28. The molecule has 4 heteroatoms. The number of nitroso groups, excluding NO2 is 1. The second-order valence-corrected chi connectivity index (χ2v) is 2.70. The SMILES string of the molecule is Cc1ccc(NC(=O)CN=O)cc1. The van der Waals surface area contributed by atoms with Gasteiger partial charge in [0.2, 0.25) is 5.91 Å². The first kappa shape index (κ1) is 9.38. The van der Waals surface area contributed by atoms with Crippen molar-refractivity contribution < 1.29 is 4.79 Å².